The maximum Gasteiger partial charge on any atom is 0.0798 e. The molecule has 4 heteroatoms. The van der Waals surface area contributed by atoms with Crippen LogP contribution in [0.2, 0.25) is 0 Å². The van der Waals surface area contributed by atoms with Crippen molar-refractivity contribution < 1.29 is 5.11 Å². The summed E-state index contributed by atoms with van der Waals surface area (Å²) in [4.78, 5) is 5.42. The van der Waals surface area contributed by atoms with Gasteiger partial charge in [0.2, 0.25) is 0 Å². The molecule has 0 aliphatic heterocycles. The lowest BCUT2D eigenvalue weighted by molar-refractivity contribution is 0.238. The van der Waals surface area contributed by atoms with Gasteiger partial charge in [-0.1, -0.05) is 6.92 Å². The molecule has 0 saturated heterocycles. The Morgan fingerprint density at radius 3 is 2.92 bits per heavy atom. The summed E-state index contributed by atoms with van der Waals surface area (Å²) in [5.74, 6) is 0. The molecular formula is C9H16N2OS. The van der Waals surface area contributed by atoms with Crippen molar-refractivity contribution in [2.75, 3.05) is 6.61 Å². The van der Waals surface area contributed by atoms with E-state index in [4.69, 9.17) is 5.11 Å². The van der Waals surface area contributed by atoms with Crippen LogP contribution in [0.15, 0.2) is 5.51 Å². The van der Waals surface area contributed by atoms with Crippen molar-refractivity contribution in [3.05, 3.63) is 16.1 Å². The van der Waals surface area contributed by atoms with Crippen LogP contribution in [0.25, 0.3) is 0 Å². The number of aryl methyl sites for hydroxylation is 1. The van der Waals surface area contributed by atoms with E-state index < -0.39 is 0 Å². The van der Waals surface area contributed by atoms with Gasteiger partial charge in [-0.15, -0.1) is 11.3 Å². The van der Waals surface area contributed by atoms with Crippen LogP contribution in [0.3, 0.4) is 0 Å². The number of aromatic nitrogens is 1. The molecule has 3 nitrogen and oxygen atoms in total. The summed E-state index contributed by atoms with van der Waals surface area (Å²) >= 11 is 1.66. The van der Waals surface area contributed by atoms with E-state index in [1.807, 2.05) is 12.4 Å². The lowest BCUT2D eigenvalue weighted by Gasteiger charge is -2.12. The van der Waals surface area contributed by atoms with Gasteiger partial charge in [-0.3, -0.25) is 0 Å². The monoisotopic (exact) mass is 200 g/mol. The van der Waals surface area contributed by atoms with Crippen LogP contribution in [0.5, 0.6) is 0 Å². The zero-order chi connectivity index (χ0) is 9.68. The molecule has 13 heavy (non-hydrogen) atoms. The third-order valence-corrected chi connectivity index (χ3v) is 3.04. The van der Waals surface area contributed by atoms with Crippen LogP contribution in [0.1, 0.15) is 23.9 Å². The second-order valence-corrected chi connectivity index (χ2v) is 3.97. The highest BCUT2D eigenvalue weighted by Crippen LogP contribution is 2.11. The predicted molar refractivity (Wildman–Crippen MR) is 54.9 cm³/mol. The van der Waals surface area contributed by atoms with Crippen molar-refractivity contribution in [2.45, 2.75) is 32.9 Å². The van der Waals surface area contributed by atoms with E-state index in [1.165, 1.54) is 4.88 Å². The van der Waals surface area contributed by atoms with Crippen LogP contribution in [-0.4, -0.2) is 22.7 Å². The van der Waals surface area contributed by atoms with Gasteiger partial charge in [0.1, 0.15) is 0 Å². The Morgan fingerprint density at radius 1 is 1.69 bits per heavy atom. The minimum absolute atomic E-state index is 0.203. The van der Waals surface area contributed by atoms with E-state index in [1.54, 1.807) is 11.3 Å². The summed E-state index contributed by atoms with van der Waals surface area (Å²) in [6, 6.07) is 0.210. The highest BCUT2D eigenvalue weighted by atomic mass is 32.1. The smallest absolute Gasteiger partial charge is 0.0798 e. The largest absolute Gasteiger partial charge is 0.395 e. The third-order valence-electron chi connectivity index (χ3n) is 2.11. The molecule has 2 N–H and O–H groups in total. The fourth-order valence-corrected chi connectivity index (χ4v) is 1.80. The first-order valence-corrected chi connectivity index (χ1v) is 5.39. The van der Waals surface area contributed by atoms with Crippen LogP contribution in [-0.2, 0) is 6.54 Å². The molecule has 0 amide bonds. The van der Waals surface area contributed by atoms with Crippen LogP contribution >= 0.6 is 11.3 Å². The number of thiazole rings is 1. The number of nitrogens with zero attached hydrogens (tertiary/aromatic N) is 1. The summed E-state index contributed by atoms with van der Waals surface area (Å²) in [5, 5.41) is 12.2. The van der Waals surface area contributed by atoms with E-state index in [0.717, 1.165) is 18.7 Å². The number of aliphatic hydroxyl groups is 1. The Labute approximate surface area is 82.8 Å². The minimum atomic E-state index is 0.203. The average Bonchev–Trinajstić information content (AvgIpc) is 2.54. The number of nitrogens with one attached hydrogen (secondary N) is 1. The molecular weight excluding hydrogens is 184 g/mol. The summed E-state index contributed by atoms with van der Waals surface area (Å²) in [7, 11) is 0. The van der Waals surface area contributed by atoms with E-state index in [-0.39, 0.29) is 12.6 Å². The standard InChI is InChI=1S/C9H16N2OS/c1-3-8(5-12)10-4-9-7(2)11-6-13-9/h6,8,10,12H,3-5H2,1-2H3/t8-/m1/s1. The zero-order valence-corrected chi connectivity index (χ0v) is 8.90. The van der Waals surface area contributed by atoms with E-state index >= 15 is 0 Å². The molecule has 0 aromatic carbocycles. The summed E-state index contributed by atoms with van der Waals surface area (Å²) in [6.07, 6.45) is 0.953. The Bertz CT molecular complexity index is 246. The Kier molecular flexibility index (Phi) is 4.35. The Morgan fingerprint density at radius 2 is 2.46 bits per heavy atom. The molecule has 0 saturated carbocycles. The summed E-state index contributed by atoms with van der Waals surface area (Å²) in [5.41, 5.74) is 2.94. The molecule has 0 fully saturated rings. The number of rotatable bonds is 5. The second-order valence-electron chi connectivity index (χ2n) is 3.03. The lowest BCUT2D eigenvalue weighted by Crippen LogP contribution is -2.31. The van der Waals surface area contributed by atoms with Crippen molar-refractivity contribution in [2.24, 2.45) is 0 Å². The molecule has 1 aromatic heterocycles. The first kappa shape index (κ1) is 10.6. The van der Waals surface area contributed by atoms with Crippen molar-refractivity contribution in [1.82, 2.24) is 10.3 Å². The topological polar surface area (TPSA) is 45.1 Å². The lowest BCUT2D eigenvalue weighted by atomic mass is 10.2. The first-order chi connectivity index (χ1) is 6.27. The molecule has 1 heterocycles. The molecule has 0 unspecified atom stereocenters. The molecule has 0 bridgehead atoms. The highest BCUT2D eigenvalue weighted by molar-refractivity contribution is 7.09. The van der Waals surface area contributed by atoms with Gasteiger partial charge in [-0.05, 0) is 13.3 Å². The van der Waals surface area contributed by atoms with E-state index in [0.29, 0.717) is 0 Å². The molecule has 74 valence electrons. The van der Waals surface area contributed by atoms with Crippen molar-refractivity contribution in [3.8, 4) is 0 Å². The van der Waals surface area contributed by atoms with Gasteiger partial charge in [-0.25, -0.2) is 4.98 Å². The third kappa shape index (κ3) is 3.06. The van der Waals surface area contributed by atoms with Crippen molar-refractivity contribution in [1.29, 1.82) is 0 Å². The molecule has 1 atom stereocenters. The van der Waals surface area contributed by atoms with Crippen molar-refractivity contribution in [3.63, 3.8) is 0 Å². The molecule has 1 aromatic rings. The fourth-order valence-electron chi connectivity index (χ4n) is 1.07. The highest BCUT2D eigenvalue weighted by Gasteiger charge is 2.05. The van der Waals surface area contributed by atoms with Gasteiger partial charge in [0, 0.05) is 17.5 Å². The van der Waals surface area contributed by atoms with Crippen LogP contribution in [0, 0.1) is 6.92 Å². The molecule has 0 radical (unpaired) electrons. The van der Waals surface area contributed by atoms with Crippen molar-refractivity contribution >= 4 is 11.3 Å². The Hall–Kier alpha value is -0.450. The van der Waals surface area contributed by atoms with Crippen LogP contribution in [0.4, 0.5) is 0 Å². The SMILES string of the molecule is CC[C@H](CO)NCc1scnc1C. The van der Waals surface area contributed by atoms with Gasteiger partial charge < -0.3 is 10.4 Å². The van der Waals surface area contributed by atoms with E-state index in [9.17, 15) is 0 Å². The zero-order valence-electron chi connectivity index (χ0n) is 8.08. The van der Waals surface area contributed by atoms with Gasteiger partial charge in [0.25, 0.3) is 0 Å². The summed E-state index contributed by atoms with van der Waals surface area (Å²) < 4.78 is 0. The number of aliphatic hydroxyl groups excluding tert-OH is 1. The van der Waals surface area contributed by atoms with Gasteiger partial charge in [-0.2, -0.15) is 0 Å². The second kappa shape index (κ2) is 5.32. The predicted octanol–water partition coefficient (Wildman–Crippen LogP) is 1.31. The molecule has 0 spiro atoms. The maximum atomic E-state index is 8.95. The van der Waals surface area contributed by atoms with Gasteiger partial charge in [0.15, 0.2) is 0 Å². The molecule has 0 aliphatic carbocycles. The number of hydrogen-bond acceptors (Lipinski definition) is 4. The minimum Gasteiger partial charge on any atom is -0.395 e. The number of hydrogen-bond donors (Lipinski definition) is 2. The van der Waals surface area contributed by atoms with Gasteiger partial charge >= 0.3 is 0 Å². The summed E-state index contributed by atoms with van der Waals surface area (Å²) in [6.45, 7) is 5.09. The fraction of sp³-hybridized carbons (Fsp3) is 0.667. The molecule has 0 aliphatic rings. The van der Waals surface area contributed by atoms with E-state index in [2.05, 4.69) is 17.2 Å². The average molecular weight is 200 g/mol. The Balaban J connectivity index is 2.38. The van der Waals surface area contributed by atoms with Gasteiger partial charge in [0.05, 0.1) is 17.8 Å². The first-order valence-electron chi connectivity index (χ1n) is 4.51. The normalized spacial score (nSPS) is 13.2. The maximum absolute atomic E-state index is 8.95. The van der Waals surface area contributed by atoms with Crippen LogP contribution < -0.4 is 5.32 Å². The molecule has 1 rings (SSSR count). The quantitative estimate of drug-likeness (QED) is 0.753.